The predicted octanol–water partition coefficient (Wildman–Crippen LogP) is 5.61. The smallest absolute Gasteiger partial charge is 0.280 e. The summed E-state index contributed by atoms with van der Waals surface area (Å²) in [5, 5.41) is 9.61. The number of carbonyl (C=O) groups is 2. The lowest BCUT2D eigenvalue weighted by Gasteiger charge is -2.14. The Balaban J connectivity index is 1.61. The number of anilines is 1. The van der Waals surface area contributed by atoms with E-state index < -0.39 is 12.0 Å². The first kappa shape index (κ1) is 22.8. The number of thiophene rings is 1. The maximum atomic E-state index is 12.3. The summed E-state index contributed by atoms with van der Waals surface area (Å²) in [5.41, 5.74) is 4.43. The first-order valence-corrected chi connectivity index (χ1v) is 10.9. The van der Waals surface area contributed by atoms with Crippen molar-refractivity contribution in [3.63, 3.8) is 0 Å². The number of amides is 2. The van der Waals surface area contributed by atoms with Gasteiger partial charge in [0.2, 0.25) is 0 Å². The molecule has 9 heteroatoms. The van der Waals surface area contributed by atoms with Gasteiger partial charge in [-0.2, -0.15) is 5.10 Å². The average molecular weight is 476 g/mol. The summed E-state index contributed by atoms with van der Waals surface area (Å²) in [6.45, 7) is 3.34. The Morgan fingerprint density at radius 3 is 2.61 bits per heavy atom. The van der Waals surface area contributed by atoms with Crippen molar-refractivity contribution in [2.24, 2.45) is 5.10 Å². The SMILES string of the molecule is C/C(=N\NC(=O)C(C)Oc1ccc(Cl)cc1Cl)c1cccc(NC(=O)c2cccs2)c1. The van der Waals surface area contributed by atoms with Crippen molar-refractivity contribution in [3.8, 4) is 5.75 Å². The molecule has 1 atom stereocenters. The molecule has 1 unspecified atom stereocenters. The number of hydrazone groups is 1. The monoisotopic (exact) mass is 475 g/mol. The van der Waals surface area contributed by atoms with Crippen LogP contribution in [0.25, 0.3) is 0 Å². The van der Waals surface area contributed by atoms with Gasteiger partial charge in [0.1, 0.15) is 5.75 Å². The molecule has 0 fully saturated rings. The fourth-order valence-electron chi connectivity index (χ4n) is 2.53. The molecule has 31 heavy (non-hydrogen) atoms. The third kappa shape index (κ3) is 6.30. The van der Waals surface area contributed by atoms with E-state index in [1.54, 1.807) is 50.2 Å². The Labute approximate surface area is 193 Å². The molecule has 6 nitrogen and oxygen atoms in total. The lowest BCUT2D eigenvalue weighted by molar-refractivity contribution is -0.127. The number of halogens is 2. The normalized spacial score (nSPS) is 12.2. The maximum Gasteiger partial charge on any atom is 0.280 e. The largest absolute Gasteiger partial charge is 0.479 e. The van der Waals surface area contributed by atoms with Gasteiger partial charge in [-0.15, -0.1) is 11.3 Å². The van der Waals surface area contributed by atoms with Gasteiger partial charge < -0.3 is 10.1 Å². The average Bonchev–Trinajstić information content (AvgIpc) is 3.29. The van der Waals surface area contributed by atoms with E-state index >= 15 is 0 Å². The Bertz CT molecular complexity index is 1120. The van der Waals surface area contributed by atoms with E-state index in [1.807, 2.05) is 17.5 Å². The highest BCUT2D eigenvalue weighted by Gasteiger charge is 2.16. The summed E-state index contributed by atoms with van der Waals surface area (Å²) in [4.78, 5) is 25.2. The van der Waals surface area contributed by atoms with Gasteiger partial charge in [-0.3, -0.25) is 9.59 Å². The first-order chi connectivity index (χ1) is 14.8. The topological polar surface area (TPSA) is 79.8 Å². The van der Waals surface area contributed by atoms with Gasteiger partial charge in [0, 0.05) is 10.7 Å². The second kappa shape index (κ2) is 10.4. The van der Waals surface area contributed by atoms with Gasteiger partial charge in [-0.25, -0.2) is 5.43 Å². The van der Waals surface area contributed by atoms with Crippen LogP contribution >= 0.6 is 34.5 Å². The van der Waals surface area contributed by atoms with E-state index in [0.717, 1.165) is 5.56 Å². The Morgan fingerprint density at radius 2 is 1.90 bits per heavy atom. The van der Waals surface area contributed by atoms with Gasteiger partial charge in [-0.05, 0) is 61.2 Å². The van der Waals surface area contributed by atoms with Crippen LogP contribution in [0.4, 0.5) is 5.69 Å². The third-order valence-electron chi connectivity index (χ3n) is 4.18. The standard InChI is InChI=1S/C22H19Cl2N3O3S/c1-13(15-5-3-6-17(11-15)25-22(29)20-7-4-10-31-20)26-27-21(28)14(2)30-19-9-8-16(23)12-18(19)24/h3-12,14H,1-2H3,(H,25,29)(H,27,28)/b26-13+. The molecule has 0 saturated carbocycles. The van der Waals surface area contributed by atoms with Crippen LogP contribution in [0.2, 0.25) is 10.0 Å². The minimum Gasteiger partial charge on any atom is -0.479 e. The molecule has 1 aromatic heterocycles. The highest BCUT2D eigenvalue weighted by molar-refractivity contribution is 7.12. The Hall–Kier alpha value is -2.87. The zero-order chi connectivity index (χ0) is 22.4. The molecular weight excluding hydrogens is 457 g/mol. The summed E-state index contributed by atoms with van der Waals surface area (Å²) < 4.78 is 5.58. The minimum absolute atomic E-state index is 0.179. The lowest BCUT2D eigenvalue weighted by atomic mass is 10.1. The third-order valence-corrected chi connectivity index (χ3v) is 5.58. The summed E-state index contributed by atoms with van der Waals surface area (Å²) in [6.07, 6.45) is -0.827. The summed E-state index contributed by atoms with van der Waals surface area (Å²) in [6, 6.07) is 15.5. The molecule has 0 aliphatic heterocycles. The van der Waals surface area contributed by atoms with Crippen molar-refractivity contribution < 1.29 is 14.3 Å². The molecule has 3 rings (SSSR count). The van der Waals surface area contributed by atoms with E-state index in [9.17, 15) is 9.59 Å². The van der Waals surface area contributed by atoms with Gasteiger partial charge in [-0.1, -0.05) is 41.4 Å². The number of hydrogen-bond acceptors (Lipinski definition) is 5. The van der Waals surface area contributed by atoms with E-state index in [-0.39, 0.29) is 5.91 Å². The van der Waals surface area contributed by atoms with Crippen molar-refractivity contribution in [3.05, 3.63) is 80.5 Å². The second-order valence-electron chi connectivity index (χ2n) is 6.52. The number of hydrogen-bond donors (Lipinski definition) is 2. The zero-order valence-electron chi connectivity index (χ0n) is 16.7. The van der Waals surface area contributed by atoms with Gasteiger partial charge in [0.05, 0.1) is 15.6 Å². The van der Waals surface area contributed by atoms with E-state index in [2.05, 4.69) is 15.8 Å². The molecule has 1 heterocycles. The molecule has 0 spiro atoms. The van der Waals surface area contributed by atoms with Crippen LogP contribution in [0.15, 0.2) is 65.1 Å². The molecule has 2 N–H and O–H groups in total. The molecule has 0 aliphatic rings. The molecule has 0 bridgehead atoms. The fourth-order valence-corrected chi connectivity index (χ4v) is 3.60. The zero-order valence-corrected chi connectivity index (χ0v) is 19.0. The molecule has 2 amide bonds. The molecule has 0 aliphatic carbocycles. The van der Waals surface area contributed by atoms with Gasteiger partial charge >= 0.3 is 0 Å². The molecule has 2 aromatic carbocycles. The van der Waals surface area contributed by atoms with Crippen LogP contribution in [-0.4, -0.2) is 23.6 Å². The maximum absolute atomic E-state index is 12.3. The predicted molar refractivity (Wildman–Crippen MR) is 126 cm³/mol. The molecule has 160 valence electrons. The van der Waals surface area contributed by atoms with Crippen molar-refractivity contribution in [2.45, 2.75) is 20.0 Å². The van der Waals surface area contributed by atoms with Crippen LogP contribution in [0.5, 0.6) is 5.75 Å². The number of rotatable bonds is 7. The van der Waals surface area contributed by atoms with Crippen molar-refractivity contribution in [1.29, 1.82) is 0 Å². The summed E-state index contributed by atoms with van der Waals surface area (Å²) in [5.74, 6) is -0.266. The number of benzene rings is 2. The molecule has 0 saturated heterocycles. The lowest BCUT2D eigenvalue weighted by Crippen LogP contribution is -2.34. The fraction of sp³-hybridized carbons (Fsp3) is 0.136. The van der Waals surface area contributed by atoms with Crippen molar-refractivity contribution in [1.82, 2.24) is 5.43 Å². The van der Waals surface area contributed by atoms with Crippen LogP contribution in [0.1, 0.15) is 29.1 Å². The quantitative estimate of drug-likeness (QED) is 0.343. The first-order valence-electron chi connectivity index (χ1n) is 9.24. The number of nitrogens with zero attached hydrogens (tertiary/aromatic N) is 1. The molecular formula is C22H19Cl2N3O3S. The number of ether oxygens (including phenoxy) is 1. The van der Waals surface area contributed by atoms with Gasteiger partial charge in [0.25, 0.3) is 11.8 Å². The van der Waals surface area contributed by atoms with Crippen LogP contribution < -0.4 is 15.5 Å². The van der Waals surface area contributed by atoms with E-state index in [0.29, 0.717) is 32.1 Å². The van der Waals surface area contributed by atoms with E-state index in [4.69, 9.17) is 27.9 Å². The van der Waals surface area contributed by atoms with Crippen LogP contribution in [0, 0.1) is 0 Å². The minimum atomic E-state index is -0.827. The molecule has 3 aromatic rings. The Kier molecular flexibility index (Phi) is 7.68. The summed E-state index contributed by atoms with van der Waals surface area (Å²) >= 11 is 13.3. The number of carbonyl (C=O) groups excluding carboxylic acids is 2. The highest BCUT2D eigenvalue weighted by atomic mass is 35.5. The van der Waals surface area contributed by atoms with Gasteiger partial charge in [0.15, 0.2) is 6.10 Å². The van der Waals surface area contributed by atoms with Crippen LogP contribution in [-0.2, 0) is 4.79 Å². The van der Waals surface area contributed by atoms with Crippen molar-refractivity contribution >= 4 is 57.8 Å². The van der Waals surface area contributed by atoms with Crippen LogP contribution in [0.3, 0.4) is 0 Å². The summed E-state index contributed by atoms with van der Waals surface area (Å²) in [7, 11) is 0. The van der Waals surface area contributed by atoms with Crippen molar-refractivity contribution in [2.75, 3.05) is 5.32 Å². The second-order valence-corrected chi connectivity index (χ2v) is 8.31. The van der Waals surface area contributed by atoms with E-state index in [1.165, 1.54) is 17.4 Å². The number of nitrogens with one attached hydrogen (secondary N) is 2. The highest BCUT2D eigenvalue weighted by Crippen LogP contribution is 2.28. The Morgan fingerprint density at radius 1 is 1.10 bits per heavy atom. The molecule has 0 radical (unpaired) electrons.